The molecule has 0 amide bonds. The van der Waals surface area contributed by atoms with Gasteiger partial charge in [-0.1, -0.05) is 6.42 Å². The second-order valence-electron chi connectivity index (χ2n) is 5.12. The molecule has 1 aliphatic heterocycles. The van der Waals surface area contributed by atoms with E-state index in [4.69, 9.17) is 0 Å². The monoisotopic (exact) mass is 250 g/mol. The van der Waals surface area contributed by atoms with Gasteiger partial charge < -0.3 is 15.2 Å². The third kappa shape index (κ3) is 3.10. The van der Waals surface area contributed by atoms with Gasteiger partial charge in [0.1, 0.15) is 0 Å². The van der Waals surface area contributed by atoms with Gasteiger partial charge in [-0.2, -0.15) is 0 Å². The van der Waals surface area contributed by atoms with Crippen molar-refractivity contribution in [1.29, 1.82) is 0 Å². The van der Waals surface area contributed by atoms with Crippen LogP contribution >= 0.6 is 0 Å². The van der Waals surface area contributed by atoms with Crippen LogP contribution in [0.4, 0.5) is 5.82 Å². The molecular weight excluding hydrogens is 228 g/mol. The molecule has 1 atom stereocenters. The van der Waals surface area contributed by atoms with Crippen molar-refractivity contribution in [2.75, 3.05) is 18.4 Å². The van der Waals surface area contributed by atoms with Gasteiger partial charge in [0, 0.05) is 31.0 Å². The standard InChI is InChI=1S/C13H22N4O/c1-10(2)17-8-7-15-12(13(17)18)16-11-5-3-4-6-14-9-11/h7-8,10-11,14H,3-6,9H2,1-2H3,(H,15,16). The smallest absolute Gasteiger partial charge is 0.293 e. The minimum atomic E-state index is -0.0308. The molecule has 0 saturated carbocycles. The summed E-state index contributed by atoms with van der Waals surface area (Å²) in [5.41, 5.74) is -0.0308. The molecule has 0 aliphatic carbocycles. The lowest BCUT2D eigenvalue weighted by Crippen LogP contribution is -2.35. The minimum absolute atomic E-state index is 0.0308. The molecule has 5 nitrogen and oxygen atoms in total. The Morgan fingerprint density at radius 3 is 3.11 bits per heavy atom. The summed E-state index contributed by atoms with van der Waals surface area (Å²) in [6.07, 6.45) is 6.91. The lowest BCUT2D eigenvalue weighted by molar-refractivity contribution is 0.570. The maximum atomic E-state index is 12.2. The molecule has 0 aromatic carbocycles. The molecule has 1 aromatic heterocycles. The highest BCUT2D eigenvalue weighted by molar-refractivity contribution is 5.32. The molecule has 2 heterocycles. The van der Waals surface area contributed by atoms with E-state index in [9.17, 15) is 4.79 Å². The molecule has 1 unspecified atom stereocenters. The van der Waals surface area contributed by atoms with Crippen molar-refractivity contribution in [2.45, 2.75) is 45.2 Å². The highest BCUT2D eigenvalue weighted by Gasteiger charge is 2.14. The maximum Gasteiger partial charge on any atom is 0.293 e. The number of hydrogen-bond acceptors (Lipinski definition) is 4. The van der Waals surface area contributed by atoms with Gasteiger partial charge in [0.15, 0.2) is 5.82 Å². The Bertz CT molecular complexity index is 433. The molecule has 2 rings (SSSR count). The van der Waals surface area contributed by atoms with Crippen molar-refractivity contribution in [3.63, 3.8) is 0 Å². The van der Waals surface area contributed by atoms with Crippen molar-refractivity contribution in [3.05, 3.63) is 22.7 Å². The second-order valence-corrected chi connectivity index (χ2v) is 5.12. The van der Waals surface area contributed by atoms with Gasteiger partial charge in [-0.3, -0.25) is 4.79 Å². The van der Waals surface area contributed by atoms with Crippen LogP contribution in [-0.2, 0) is 0 Å². The number of nitrogens with one attached hydrogen (secondary N) is 2. The largest absolute Gasteiger partial charge is 0.361 e. The van der Waals surface area contributed by atoms with E-state index >= 15 is 0 Å². The fourth-order valence-corrected chi connectivity index (χ4v) is 2.27. The molecule has 100 valence electrons. The van der Waals surface area contributed by atoms with E-state index in [2.05, 4.69) is 15.6 Å². The van der Waals surface area contributed by atoms with Crippen LogP contribution in [-0.4, -0.2) is 28.7 Å². The summed E-state index contributed by atoms with van der Waals surface area (Å²) in [5.74, 6) is 0.472. The van der Waals surface area contributed by atoms with E-state index in [-0.39, 0.29) is 11.6 Å². The van der Waals surface area contributed by atoms with Gasteiger partial charge >= 0.3 is 0 Å². The normalized spacial score (nSPS) is 20.7. The van der Waals surface area contributed by atoms with Crippen molar-refractivity contribution in [3.8, 4) is 0 Å². The summed E-state index contributed by atoms with van der Waals surface area (Å²) in [7, 11) is 0. The molecule has 0 radical (unpaired) electrons. The summed E-state index contributed by atoms with van der Waals surface area (Å²) in [6.45, 7) is 5.96. The van der Waals surface area contributed by atoms with Gasteiger partial charge in [-0.15, -0.1) is 0 Å². The lowest BCUT2D eigenvalue weighted by Gasteiger charge is -2.18. The third-order valence-corrected chi connectivity index (χ3v) is 3.31. The van der Waals surface area contributed by atoms with E-state index in [1.807, 2.05) is 13.8 Å². The highest BCUT2D eigenvalue weighted by Crippen LogP contribution is 2.09. The number of aromatic nitrogens is 2. The number of anilines is 1. The van der Waals surface area contributed by atoms with Crippen LogP contribution < -0.4 is 16.2 Å². The number of nitrogens with zero attached hydrogens (tertiary/aromatic N) is 2. The van der Waals surface area contributed by atoms with Crippen LogP contribution in [0.15, 0.2) is 17.2 Å². The summed E-state index contributed by atoms with van der Waals surface area (Å²) in [4.78, 5) is 16.4. The molecule has 18 heavy (non-hydrogen) atoms. The predicted octanol–water partition coefficient (Wildman–Crippen LogP) is 1.38. The summed E-state index contributed by atoms with van der Waals surface area (Å²) >= 11 is 0. The lowest BCUT2D eigenvalue weighted by atomic mass is 10.1. The quantitative estimate of drug-likeness (QED) is 0.851. The van der Waals surface area contributed by atoms with Crippen LogP contribution in [0, 0.1) is 0 Å². The van der Waals surface area contributed by atoms with Crippen molar-refractivity contribution >= 4 is 5.82 Å². The van der Waals surface area contributed by atoms with Gasteiger partial charge in [0.2, 0.25) is 0 Å². The van der Waals surface area contributed by atoms with E-state index in [0.717, 1.165) is 19.5 Å². The van der Waals surface area contributed by atoms with Crippen LogP contribution in [0.5, 0.6) is 0 Å². The van der Waals surface area contributed by atoms with Gasteiger partial charge in [0.05, 0.1) is 0 Å². The second kappa shape index (κ2) is 6.00. The van der Waals surface area contributed by atoms with E-state index < -0.39 is 0 Å². The molecule has 0 spiro atoms. The van der Waals surface area contributed by atoms with Gasteiger partial charge in [-0.25, -0.2) is 4.98 Å². The minimum Gasteiger partial charge on any atom is -0.361 e. The summed E-state index contributed by atoms with van der Waals surface area (Å²) in [5, 5.41) is 6.65. The summed E-state index contributed by atoms with van der Waals surface area (Å²) in [6, 6.07) is 0.462. The van der Waals surface area contributed by atoms with E-state index in [1.165, 1.54) is 12.8 Å². The van der Waals surface area contributed by atoms with Gasteiger partial charge in [-0.05, 0) is 33.2 Å². The van der Waals surface area contributed by atoms with Crippen molar-refractivity contribution in [1.82, 2.24) is 14.9 Å². The van der Waals surface area contributed by atoms with Crippen LogP contribution in [0.25, 0.3) is 0 Å². The number of rotatable bonds is 3. The Hall–Kier alpha value is -1.36. The Balaban J connectivity index is 2.13. The third-order valence-electron chi connectivity index (χ3n) is 3.31. The van der Waals surface area contributed by atoms with Gasteiger partial charge in [0.25, 0.3) is 5.56 Å². The Labute approximate surface area is 108 Å². The predicted molar refractivity (Wildman–Crippen MR) is 73.0 cm³/mol. The zero-order valence-corrected chi connectivity index (χ0v) is 11.1. The molecule has 0 bridgehead atoms. The van der Waals surface area contributed by atoms with Crippen LogP contribution in [0.2, 0.25) is 0 Å². The highest BCUT2D eigenvalue weighted by atomic mass is 16.1. The molecule has 2 N–H and O–H groups in total. The Kier molecular flexibility index (Phi) is 4.36. The fraction of sp³-hybridized carbons (Fsp3) is 0.692. The molecule has 1 saturated heterocycles. The molecule has 1 aromatic rings. The first-order valence-corrected chi connectivity index (χ1v) is 6.73. The average molecular weight is 250 g/mol. The van der Waals surface area contributed by atoms with Crippen LogP contribution in [0.3, 0.4) is 0 Å². The Morgan fingerprint density at radius 1 is 1.50 bits per heavy atom. The summed E-state index contributed by atoms with van der Waals surface area (Å²) < 4.78 is 1.71. The molecule has 5 heteroatoms. The SMILES string of the molecule is CC(C)n1ccnc(NC2CCCCNC2)c1=O. The topological polar surface area (TPSA) is 59.0 Å². The molecular formula is C13H22N4O. The Morgan fingerprint density at radius 2 is 2.33 bits per heavy atom. The zero-order valence-electron chi connectivity index (χ0n) is 11.1. The van der Waals surface area contributed by atoms with Crippen molar-refractivity contribution < 1.29 is 0 Å². The first-order valence-electron chi connectivity index (χ1n) is 6.73. The first kappa shape index (κ1) is 13.1. The molecule has 1 fully saturated rings. The number of hydrogen-bond donors (Lipinski definition) is 2. The van der Waals surface area contributed by atoms with Crippen LogP contribution in [0.1, 0.15) is 39.2 Å². The maximum absolute atomic E-state index is 12.2. The van der Waals surface area contributed by atoms with E-state index in [1.54, 1.807) is 17.0 Å². The van der Waals surface area contributed by atoms with Crippen molar-refractivity contribution in [2.24, 2.45) is 0 Å². The zero-order chi connectivity index (χ0) is 13.0. The first-order chi connectivity index (χ1) is 8.68. The molecule has 1 aliphatic rings. The average Bonchev–Trinajstić information content (AvgIpc) is 2.60. The van der Waals surface area contributed by atoms with E-state index in [0.29, 0.717) is 11.9 Å². The fourth-order valence-electron chi connectivity index (χ4n) is 2.27.